The van der Waals surface area contributed by atoms with Crippen LogP contribution in [-0.2, 0) is 0 Å². The summed E-state index contributed by atoms with van der Waals surface area (Å²) in [5.41, 5.74) is 0. The van der Waals surface area contributed by atoms with Crippen molar-refractivity contribution in [3.05, 3.63) is 120 Å². The Hall–Kier alpha value is -3.01. The van der Waals surface area contributed by atoms with Gasteiger partial charge in [-0.2, -0.15) is 0 Å². The third-order valence-electron chi connectivity index (χ3n) is 5.44. The van der Waals surface area contributed by atoms with Crippen LogP contribution in [0, 0.1) is 0 Å². The Morgan fingerprint density at radius 1 is 0.812 bits per heavy atom. The Morgan fingerprint density at radius 3 is 2.12 bits per heavy atom. The molecule has 0 unspecified atom stereocenters. The molecule has 0 bridgehead atoms. The second-order valence-electron chi connectivity index (χ2n) is 7.70. The van der Waals surface area contributed by atoms with E-state index in [9.17, 15) is 0 Å². The van der Waals surface area contributed by atoms with Gasteiger partial charge in [0, 0.05) is 11.4 Å². The average molecular weight is 458 g/mol. The summed E-state index contributed by atoms with van der Waals surface area (Å²) >= 11 is 6.13. The van der Waals surface area contributed by atoms with E-state index in [1.54, 1.807) is 6.08 Å². The van der Waals surface area contributed by atoms with Crippen LogP contribution in [0.25, 0.3) is 0 Å². The minimum Gasteiger partial charge on any atom is -0.454 e. The van der Waals surface area contributed by atoms with Gasteiger partial charge < -0.3 is 9.47 Å². The van der Waals surface area contributed by atoms with Gasteiger partial charge in [-0.05, 0) is 49.6 Å². The van der Waals surface area contributed by atoms with Gasteiger partial charge in [-0.1, -0.05) is 88.3 Å². The molecule has 0 spiro atoms. The number of para-hydroxylation sites is 2. The third-order valence-corrected chi connectivity index (χ3v) is 8.47. The minimum absolute atomic E-state index is 0.706. The summed E-state index contributed by atoms with van der Waals surface area (Å²) in [6, 6.07) is 26.6. The molecule has 3 aromatic rings. The van der Waals surface area contributed by atoms with Crippen molar-refractivity contribution in [2.45, 2.75) is 25.7 Å². The zero-order chi connectivity index (χ0) is 22.3. The van der Waals surface area contributed by atoms with E-state index in [0.717, 1.165) is 48.0 Å². The van der Waals surface area contributed by atoms with E-state index in [4.69, 9.17) is 21.1 Å². The summed E-state index contributed by atoms with van der Waals surface area (Å²) in [5.74, 6) is 3.04. The number of allylic oxidation sites excluding steroid dienone is 3. The SMILES string of the molecule is C=CC1=C(CCCCC(=C)[Si](c2ccccc2)c2ccc(Cl)cc2)Oc2ccccc2O1. The first kappa shape index (κ1) is 22.2. The van der Waals surface area contributed by atoms with Crippen molar-refractivity contribution < 1.29 is 9.47 Å². The van der Waals surface area contributed by atoms with E-state index in [1.165, 1.54) is 15.6 Å². The molecule has 0 amide bonds. The van der Waals surface area contributed by atoms with Crippen LogP contribution >= 0.6 is 11.6 Å². The predicted molar refractivity (Wildman–Crippen MR) is 135 cm³/mol. The van der Waals surface area contributed by atoms with E-state index in [-0.39, 0.29) is 0 Å². The Kier molecular flexibility index (Phi) is 7.31. The van der Waals surface area contributed by atoms with Crippen molar-refractivity contribution >= 4 is 30.8 Å². The molecule has 1 aliphatic rings. The van der Waals surface area contributed by atoms with Gasteiger partial charge in [0.15, 0.2) is 17.3 Å². The standard InChI is InChI=1S/C28H26ClO2Si/c1-3-25-26(31-28-16-10-9-15-27(28)30-25)14-8-7-11-21(2)32(23-12-5-4-6-13-23)24-19-17-22(29)18-20-24/h3-6,9-10,12-13,15-20H,1-2,7-8,11,14H2. The van der Waals surface area contributed by atoms with Crippen LogP contribution in [0.5, 0.6) is 11.5 Å². The molecule has 3 aromatic carbocycles. The number of unbranched alkanes of at least 4 members (excludes halogenated alkanes) is 1. The molecule has 1 aliphatic heterocycles. The maximum Gasteiger partial charge on any atom is 0.170 e. The van der Waals surface area contributed by atoms with E-state index < -0.39 is 8.80 Å². The van der Waals surface area contributed by atoms with Crippen LogP contribution in [0.2, 0.25) is 5.02 Å². The van der Waals surface area contributed by atoms with Crippen molar-refractivity contribution in [2.75, 3.05) is 0 Å². The lowest BCUT2D eigenvalue weighted by Gasteiger charge is -2.22. The number of rotatable bonds is 9. The van der Waals surface area contributed by atoms with Gasteiger partial charge in [0.2, 0.25) is 0 Å². The number of hydrogen-bond acceptors (Lipinski definition) is 2. The molecule has 0 fully saturated rings. The van der Waals surface area contributed by atoms with Crippen molar-refractivity contribution in [3.63, 3.8) is 0 Å². The highest BCUT2D eigenvalue weighted by atomic mass is 35.5. The number of hydrogen-bond donors (Lipinski definition) is 0. The molecule has 1 heterocycles. The Bertz CT molecular complexity index is 1120. The van der Waals surface area contributed by atoms with Crippen molar-refractivity contribution in [2.24, 2.45) is 0 Å². The van der Waals surface area contributed by atoms with Gasteiger partial charge in [-0.3, -0.25) is 0 Å². The summed E-state index contributed by atoms with van der Waals surface area (Å²) in [5, 5.41) is 4.72. The molecule has 2 nitrogen and oxygen atoms in total. The van der Waals surface area contributed by atoms with Gasteiger partial charge >= 0.3 is 0 Å². The summed E-state index contributed by atoms with van der Waals surface area (Å²) in [6.07, 6.45) is 5.52. The zero-order valence-electron chi connectivity index (χ0n) is 18.0. The fraction of sp³-hybridized carbons (Fsp3) is 0.143. The van der Waals surface area contributed by atoms with E-state index in [1.807, 2.05) is 36.4 Å². The lowest BCUT2D eigenvalue weighted by atomic mass is 10.1. The van der Waals surface area contributed by atoms with Gasteiger partial charge in [0.25, 0.3) is 0 Å². The maximum atomic E-state index is 6.13. The Labute approximate surface area is 197 Å². The monoisotopic (exact) mass is 457 g/mol. The fourth-order valence-electron chi connectivity index (χ4n) is 3.85. The van der Waals surface area contributed by atoms with E-state index >= 15 is 0 Å². The molecular weight excluding hydrogens is 432 g/mol. The Morgan fingerprint density at radius 2 is 1.44 bits per heavy atom. The number of benzene rings is 3. The smallest absolute Gasteiger partial charge is 0.170 e. The largest absolute Gasteiger partial charge is 0.454 e. The lowest BCUT2D eigenvalue weighted by Crippen LogP contribution is -2.43. The molecular formula is C28H26ClO2Si. The van der Waals surface area contributed by atoms with Crippen molar-refractivity contribution in [1.29, 1.82) is 0 Å². The van der Waals surface area contributed by atoms with E-state index in [0.29, 0.717) is 5.76 Å². The van der Waals surface area contributed by atoms with Crippen LogP contribution in [0.4, 0.5) is 0 Å². The highest BCUT2D eigenvalue weighted by Gasteiger charge is 2.21. The van der Waals surface area contributed by atoms with Gasteiger partial charge in [-0.15, -0.1) is 6.58 Å². The summed E-state index contributed by atoms with van der Waals surface area (Å²) in [4.78, 5) is 0. The molecule has 0 saturated carbocycles. The topological polar surface area (TPSA) is 18.5 Å². The zero-order valence-corrected chi connectivity index (χ0v) is 19.8. The fourth-order valence-corrected chi connectivity index (χ4v) is 6.58. The van der Waals surface area contributed by atoms with Crippen LogP contribution in [0.3, 0.4) is 0 Å². The average Bonchev–Trinajstić information content (AvgIpc) is 2.83. The van der Waals surface area contributed by atoms with Crippen molar-refractivity contribution in [3.8, 4) is 11.5 Å². The van der Waals surface area contributed by atoms with Gasteiger partial charge in [0.05, 0.1) is 0 Å². The van der Waals surface area contributed by atoms with E-state index in [2.05, 4.69) is 55.6 Å². The van der Waals surface area contributed by atoms with Crippen molar-refractivity contribution in [1.82, 2.24) is 0 Å². The Balaban J connectivity index is 1.40. The van der Waals surface area contributed by atoms with Gasteiger partial charge in [0.1, 0.15) is 14.6 Å². The highest BCUT2D eigenvalue weighted by Crippen LogP contribution is 2.36. The number of fused-ring (bicyclic) bond motifs is 1. The van der Waals surface area contributed by atoms with Gasteiger partial charge in [-0.25, -0.2) is 0 Å². The third kappa shape index (κ3) is 5.24. The lowest BCUT2D eigenvalue weighted by molar-refractivity contribution is 0.290. The predicted octanol–water partition coefficient (Wildman–Crippen LogP) is 6.47. The second-order valence-corrected chi connectivity index (χ2v) is 10.7. The molecule has 1 radical (unpaired) electrons. The minimum atomic E-state index is -1.09. The molecule has 0 aliphatic carbocycles. The number of halogens is 1. The van der Waals surface area contributed by atoms with Crippen LogP contribution in [-0.4, -0.2) is 8.80 Å². The molecule has 0 aromatic heterocycles. The van der Waals surface area contributed by atoms with Crippen LogP contribution in [0.15, 0.2) is 115 Å². The molecule has 4 heteroatoms. The molecule has 0 N–H and O–H groups in total. The first-order valence-corrected chi connectivity index (χ1v) is 12.7. The molecule has 161 valence electrons. The summed E-state index contributed by atoms with van der Waals surface area (Å²) in [6.45, 7) is 8.38. The first-order valence-electron chi connectivity index (χ1n) is 10.8. The summed E-state index contributed by atoms with van der Waals surface area (Å²) in [7, 11) is -1.09. The normalized spacial score (nSPS) is 12.7. The van der Waals surface area contributed by atoms with Crippen LogP contribution in [0.1, 0.15) is 25.7 Å². The second kappa shape index (κ2) is 10.5. The molecule has 32 heavy (non-hydrogen) atoms. The summed E-state index contributed by atoms with van der Waals surface area (Å²) < 4.78 is 12.0. The molecule has 0 atom stereocenters. The molecule has 0 saturated heterocycles. The number of ether oxygens (including phenoxy) is 2. The highest BCUT2D eigenvalue weighted by molar-refractivity contribution is 6.90. The molecule has 4 rings (SSSR count). The van der Waals surface area contributed by atoms with Crippen LogP contribution < -0.4 is 19.8 Å². The maximum absolute atomic E-state index is 6.13. The quantitative estimate of drug-likeness (QED) is 0.270. The first-order chi connectivity index (χ1) is 15.7.